The molecule has 3 heterocycles. The lowest BCUT2D eigenvalue weighted by Crippen LogP contribution is -2.17. The zero-order valence-electron chi connectivity index (χ0n) is 19.2. The van der Waals surface area contributed by atoms with Crippen molar-refractivity contribution in [2.45, 2.75) is 6.54 Å². The van der Waals surface area contributed by atoms with Crippen LogP contribution in [-0.4, -0.2) is 38.6 Å². The molecular formula is C25H20F2N6O4. The first-order valence-corrected chi connectivity index (χ1v) is 10.8. The summed E-state index contributed by atoms with van der Waals surface area (Å²) in [5.74, 6) is -0.219. The quantitative estimate of drug-likeness (QED) is 0.276. The summed E-state index contributed by atoms with van der Waals surface area (Å²) in [4.78, 5) is 33.1. The van der Waals surface area contributed by atoms with Crippen LogP contribution in [0.25, 0.3) is 11.4 Å². The standard InChI is InChI=1S/C24H18F2N6O2.CH2O2/c1-2-21(33)29-16-4-6-17(7-5-16)30-24-28-13-14-11-20(23-27-9-10-32(23)22(14)31-24)34-19-8-3-15(25)12-18(19)26;2-1-3/h2-8,11-13,27H,1,9-10H2,(H,29,33);1H,(H,2,3). The van der Waals surface area contributed by atoms with Crippen molar-refractivity contribution in [3.63, 3.8) is 0 Å². The lowest BCUT2D eigenvalue weighted by molar-refractivity contribution is -0.122. The van der Waals surface area contributed by atoms with E-state index in [-0.39, 0.29) is 23.7 Å². The number of benzene rings is 2. The van der Waals surface area contributed by atoms with Gasteiger partial charge in [0.05, 0.1) is 5.69 Å². The van der Waals surface area contributed by atoms with Gasteiger partial charge in [-0.25, -0.2) is 18.8 Å². The summed E-state index contributed by atoms with van der Waals surface area (Å²) in [6, 6.07) is 11.8. The lowest BCUT2D eigenvalue weighted by atomic mass is 10.2. The number of nitrogens with one attached hydrogen (secondary N) is 2. The SMILES string of the molecule is C=CC(=O)Nc1ccc(N=c2ncc3cc(Oc4ccc(F)cc4F)c4n(c-3n2)CCN4)cc1.O=CO. The van der Waals surface area contributed by atoms with Crippen molar-refractivity contribution in [1.29, 1.82) is 0 Å². The van der Waals surface area contributed by atoms with Gasteiger partial charge in [0.15, 0.2) is 23.1 Å². The predicted molar refractivity (Wildman–Crippen MR) is 131 cm³/mol. The van der Waals surface area contributed by atoms with Gasteiger partial charge in [-0.05, 0) is 48.5 Å². The molecule has 10 nitrogen and oxygen atoms in total. The first-order valence-electron chi connectivity index (χ1n) is 10.8. The zero-order chi connectivity index (χ0) is 26.4. The molecule has 0 atom stereocenters. The van der Waals surface area contributed by atoms with E-state index in [4.69, 9.17) is 14.6 Å². The van der Waals surface area contributed by atoms with Crippen molar-refractivity contribution < 1.29 is 28.2 Å². The Bertz CT molecular complexity index is 1500. The van der Waals surface area contributed by atoms with Gasteiger partial charge in [-0.1, -0.05) is 6.58 Å². The van der Waals surface area contributed by atoms with Gasteiger partial charge in [-0.15, -0.1) is 0 Å². The maximum absolute atomic E-state index is 14.1. The number of ether oxygens (including phenoxy) is 1. The average Bonchev–Trinajstić information content (AvgIpc) is 3.38. The summed E-state index contributed by atoms with van der Waals surface area (Å²) >= 11 is 0. The third-order valence-corrected chi connectivity index (χ3v) is 5.12. The van der Waals surface area contributed by atoms with Gasteiger partial charge in [0.2, 0.25) is 5.91 Å². The minimum absolute atomic E-state index is 0.0856. The Hall–Kier alpha value is -5.13. The minimum atomic E-state index is -0.794. The number of hydrogen-bond donors (Lipinski definition) is 3. The van der Waals surface area contributed by atoms with Crippen molar-refractivity contribution in [2.75, 3.05) is 17.2 Å². The molecule has 12 heteroatoms. The fourth-order valence-electron chi connectivity index (χ4n) is 3.56. The zero-order valence-corrected chi connectivity index (χ0v) is 19.2. The molecule has 0 fully saturated rings. The molecule has 0 saturated heterocycles. The molecule has 5 rings (SSSR count). The fraction of sp³-hybridized carbons (Fsp3) is 0.0800. The molecule has 0 aromatic heterocycles. The second-order valence-corrected chi connectivity index (χ2v) is 7.52. The number of amides is 1. The van der Waals surface area contributed by atoms with Crippen LogP contribution in [-0.2, 0) is 16.1 Å². The van der Waals surface area contributed by atoms with Gasteiger partial charge in [0.1, 0.15) is 11.6 Å². The van der Waals surface area contributed by atoms with E-state index in [0.29, 0.717) is 47.4 Å². The molecule has 0 radical (unpaired) electrons. The topological polar surface area (TPSA) is 131 Å². The van der Waals surface area contributed by atoms with Gasteiger partial charge >= 0.3 is 0 Å². The molecule has 0 unspecified atom stereocenters. The molecular weight excluding hydrogens is 486 g/mol. The van der Waals surface area contributed by atoms with Crippen molar-refractivity contribution in [3.8, 4) is 22.9 Å². The van der Waals surface area contributed by atoms with E-state index >= 15 is 0 Å². The maximum atomic E-state index is 14.1. The Labute approximate surface area is 209 Å². The highest BCUT2D eigenvalue weighted by molar-refractivity contribution is 5.98. The van der Waals surface area contributed by atoms with Crippen molar-refractivity contribution in [1.82, 2.24) is 14.5 Å². The number of halogens is 2. The van der Waals surface area contributed by atoms with Gasteiger partial charge in [-0.3, -0.25) is 9.59 Å². The lowest BCUT2D eigenvalue weighted by Gasteiger charge is -2.17. The largest absolute Gasteiger partial charge is 0.483 e. The number of pyridine rings is 1. The molecule has 3 aliphatic rings. The molecule has 188 valence electrons. The van der Waals surface area contributed by atoms with Crippen LogP contribution in [0, 0.1) is 11.6 Å². The van der Waals surface area contributed by atoms with Crippen LogP contribution in [0.3, 0.4) is 0 Å². The highest BCUT2D eigenvalue weighted by Gasteiger charge is 2.23. The highest BCUT2D eigenvalue weighted by Crippen LogP contribution is 2.38. The van der Waals surface area contributed by atoms with E-state index in [2.05, 4.69) is 32.2 Å². The number of nitrogens with zero attached hydrogens (tertiary/aromatic N) is 4. The Morgan fingerprint density at radius 1 is 1.19 bits per heavy atom. The van der Waals surface area contributed by atoms with Crippen LogP contribution >= 0.6 is 0 Å². The number of carboxylic acid groups (broad SMARTS) is 1. The molecule has 0 spiro atoms. The molecule has 2 aromatic carbocycles. The minimum Gasteiger partial charge on any atom is -0.483 e. The number of hydrogen-bond acceptors (Lipinski definition) is 7. The summed E-state index contributed by atoms with van der Waals surface area (Å²) in [7, 11) is 0. The molecule has 0 saturated carbocycles. The van der Waals surface area contributed by atoms with Crippen LogP contribution in [0.15, 0.2) is 72.4 Å². The van der Waals surface area contributed by atoms with E-state index in [1.807, 2.05) is 4.57 Å². The Morgan fingerprint density at radius 2 is 1.95 bits per heavy atom. The summed E-state index contributed by atoms with van der Waals surface area (Å²) in [5.41, 5.74) is 2.16. The maximum Gasteiger partial charge on any atom is 0.290 e. The van der Waals surface area contributed by atoms with Crippen LogP contribution in [0.2, 0.25) is 0 Å². The van der Waals surface area contributed by atoms with E-state index in [0.717, 1.165) is 12.1 Å². The molecule has 0 bridgehead atoms. The second kappa shape index (κ2) is 11.1. The van der Waals surface area contributed by atoms with Crippen LogP contribution in [0.5, 0.6) is 11.5 Å². The Kier molecular flexibility index (Phi) is 7.48. The highest BCUT2D eigenvalue weighted by atomic mass is 19.1. The first-order chi connectivity index (χ1) is 17.9. The third kappa shape index (κ3) is 5.75. The van der Waals surface area contributed by atoms with Crippen molar-refractivity contribution >= 4 is 29.6 Å². The second-order valence-electron chi connectivity index (χ2n) is 7.52. The molecule has 3 aliphatic heterocycles. The summed E-state index contributed by atoms with van der Waals surface area (Å²) in [6.07, 6.45) is 2.80. The predicted octanol–water partition coefficient (Wildman–Crippen LogP) is 3.94. The van der Waals surface area contributed by atoms with E-state index in [1.54, 1.807) is 36.5 Å². The normalized spacial score (nSPS) is 12.1. The number of carbonyl (C=O) groups is 2. The van der Waals surface area contributed by atoms with Crippen LogP contribution < -0.4 is 21.0 Å². The number of fused-ring (bicyclic) bond motifs is 3. The average molecular weight is 506 g/mol. The van der Waals surface area contributed by atoms with Gasteiger partial charge < -0.3 is 25.0 Å². The first kappa shape index (κ1) is 25.0. The Morgan fingerprint density at radius 3 is 2.65 bits per heavy atom. The molecule has 0 aliphatic carbocycles. The summed E-state index contributed by atoms with van der Waals surface area (Å²) in [6.45, 7) is 4.42. The van der Waals surface area contributed by atoms with E-state index in [1.165, 1.54) is 12.1 Å². The van der Waals surface area contributed by atoms with E-state index in [9.17, 15) is 13.6 Å². The monoisotopic (exact) mass is 506 g/mol. The Balaban J connectivity index is 0.00000102. The van der Waals surface area contributed by atoms with E-state index < -0.39 is 11.6 Å². The molecule has 1 amide bonds. The fourth-order valence-corrected chi connectivity index (χ4v) is 3.56. The smallest absolute Gasteiger partial charge is 0.290 e. The van der Waals surface area contributed by atoms with Crippen LogP contribution in [0.1, 0.15) is 0 Å². The van der Waals surface area contributed by atoms with Gasteiger partial charge in [0, 0.05) is 36.6 Å². The summed E-state index contributed by atoms with van der Waals surface area (Å²) in [5, 5.41) is 12.8. The van der Waals surface area contributed by atoms with Crippen molar-refractivity contribution in [2.24, 2.45) is 4.99 Å². The molecule has 2 aromatic rings. The third-order valence-electron chi connectivity index (χ3n) is 5.12. The number of anilines is 2. The van der Waals surface area contributed by atoms with Crippen molar-refractivity contribution in [3.05, 3.63) is 84.6 Å². The van der Waals surface area contributed by atoms with Gasteiger partial charge in [0.25, 0.3) is 12.1 Å². The summed E-state index contributed by atoms with van der Waals surface area (Å²) < 4.78 is 35.0. The van der Waals surface area contributed by atoms with Gasteiger partial charge in [-0.2, -0.15) is 4.98 Å². The number of carbonyl (C=O) groups excluding carboxylic acids is 1. The molecule has 3 N–H and O–H groups in total. The number of aromatic nitrogens is 3. The molecule has 37 heavy (non-hydrogen) atoms. The number of rotatable bonds is 5. The van der Waals surface area contributed by atoms with Crippen LogP contribution in [0.4, 0.5) is 26.0 Å².